The van der Waals surface area contributed by atoms with Gasteiger partial charge in [0.25, 0.3) is 0 Å². The Kier molecular flexibility index (Phi) is 6.14. The number of hydrogen-bond acceptors (Lipinski definition) is 6. The van der Waals surface area contributed by atoms with Crippen LogP contribution in [0.15, 0.2) is 60.7 Å². The minimum absolute atomic E-state index is 0.0694. The molecule has 1 unspecified atom stereocenters. The third-order valence-corrected chi connectivity index (χ3v) is 7.50. The molecule has 0 radical (unpaired) electrons. The van der Waals surface area contributed by atoms with Crippen LogP contribution in [0.4, 0.5) is 17.1 Å². The zero-order valence-corrected chi connectivity index (χ0v) is 21.1. The lowest BCUT2D eigenvalue weighted by atomic mass is 9.71. The minimum atomic E-state index is -1.48. The number of rotatable bonds is 4. The summed E-state index contributed by atoms with van der Waals surface area (Å²) < 4.78 is 0. The van der Waals surface area contributed by atoms with Gasteiger partial charge in [-0.25, -0.2) is 0 Å². The van der Waals surface area contributed by atoms with Crippen LogP contribution in [0.5, 0.6) is 5.75 Å². The average Bonchev–Trinajstić information content (AvgIpc) is 2.86. The lowest BCUT2D eigenvalue weighted by Gasteiger charge is -2.43. The molecule has 2 heterocycles. The summed E-state index contributed by atoms with van der Waals surface area (Å²) in [5.41, 5.74) is 8.24. The van der Waals surface area contributed by atoms with Gasteiger partial charge in [0.1, 0.15) is 11.2 Å². The van der Waals surface area contributed by atoms with Crippen LogP contribution in [0.1, 0.15) is 28.4 Å². The number of carbonyl (C=O) groups excluding carboxylic acids is 2. The van der Waals surface area contributed by atoms with Crippen LogP contribution < -0.4 is 15.5 Å². The number of nitrogens with zero attached hydrogens (tertiary/aromatic N) is 3. The van der Waals surface area contributed by atoms with Crippen LogP contribution in [-0.2, 0) is 16.8 Å². The number of benzene rings is 3. The molecule has 7 nitrogen and oxygen atoms in total. The van der Waals surface area contributed by atoms with E-state index in [9.17, 15) is 14.7 Å². The largest absolute Gasteiger partial charge is 0.508 e. The van der Waals surface area contributed by atoms with Crippen molar-refractivity contribution in [3.63, 3.8) is 0 Å². The first-order valence-corrected chi connectivity index (χ1v) is 12.3. The summed E-state index contributed by atoms with van der Waals surface area (Å²) in [5.74, 6) is -0.553. The SMILES string of the molecule is CN1CCN(c2cc(Cl)cc3c2C(=O)C(C)(c2ccc(O)cc2)C(=O)N3Cc2cccc(N)c2)CC1. The Morgan fingerprint density at radius 1 is 0.972 bits per heavy atom. The molecule has 3 N–H and O–H groups in total. The van der Waals surface area contributed by atoms with E-state index < -0.39 is 5.41 Å². The Morgan fingerprint density at radius 3 is 2.31 bits per heavy atom. The van der Waals surface area contributed by atoms with E-state index in [0.717, 1.165) is 37.4 Å². The second kappa shape index (κ2) is 9.15. The van der Waals surface area contributed by atoms with E-state index in [1.54, 1.807) is 36.1 Å². The molecule has 2 aliphatic rings. The van der Waals surface area contributed by atoms with Crippen LogP contribution in [0.2, 0.25) is 5.02 Å². The third kappa shape index (κ3) is 4.08. The summed E-state index contributed by atoms with van der Waals surface area (Å²) in [7, 11) is 2.07. The number of phenolic OH excluding ortho intramolecular Hbond substituents is 1. The molecule has 1 amide bonds. The van der Waals surface area contributed by atoms with Crippen molar-refractivity contribution in [2.75, 3.05) is 48.8 Å². The van der Waals surface area contributed by atoms with Gasteiger partial charge in [0.05, 0.1) is 23.5 Å². The van der Waals surface area contributed by atoms with E-state index >= 15 is 0 Å². The quantitative estimate of drug-likeness (QED) is 0.411. The van der Waals surface area contributed by atoms with Gasteiger partial charge >= 0.3 is 0 Å². The number of nitrogen functional groups attached to an aromatic ring is 1. The number of fused-ring (bicyclic) bond motifs is 1. The molecule has 0 saturated carbocycles. The molecule has 0 spiro atoms. The number of aromatic hydroxyl groups is 1. The van der Waals surface area contributed by atoms with Gasteiger partial charge in [-0.1, -0.05) is 35.9 Å². The summed E-state index contributed by atoms with van der Waals surface area (Å²) in [6.45, 7) is 5.11. The molecule has 1 saturated heterocycles. The number of anilines is 3. The van der Waals surface area contributed by atoms with Gasteiger partial charge < -0.3 is 25.5 Å². The number of ketones is 1. The summed E-state index contributed by atoms with van der Waals surface area (Å²) >= 11 is 6.59. The van der Waals surface area contributed by atoms with E-state index in [1.807, 2.05) is 24.3 Å². The molecular formula is C28H29ClN4O3. The van der Waals surface area contributed by atoms with Crippen molar-refractivity contribution in [1.82, 2.24) is 4.90 Å². The molecule has 2 aliphatic heterocycles. The second-order valence-corrected chi connectivity index (χ2v) is 10.2. The Labute approximate surface area is 215 Å². The third-order valence-electron chi connectivity index (χ3n) is 7.29. The Hall–Kier alpha value is -3.55. The minimum Gasteiger partial charge on any atom is -0.508 e. The van der Waals surface area contributed by atoms with E-state index in [-0.39, 0.29) is 24.0 Å². The fourth-order valence-corrected chi connectivity index (χ4v) is 5.33. The predicted molar refractivity (Wildman–Crippen MR) is 143 cm³/mol. The highest BCUT2D eigenvalue weighted by Gasteiger charge is 2.52. The van der Waals surface area contributed by atoms with Gasteiger partial charge in [-0.05, 0) is 61.5 Å². The van der Waals surface area contributed by atoms with Crippen molar-refractivity contribution in [3.05, 3.63) is 82.4 Å². The first-order chi connectivity index (χ1) is 17.2. The van der Waals surface area contributed by atoms with Crippen molar-refractivity contribution < 1.29 is 14.7 Å². The Morgan fingerprint density at radius 2 is 1.64 bits per heavy atom. The highest BCUT2D eigenvalue weighted by atomic mass is 35.5. The Balaban J connectivity index is 1.71. The number of nitrogens with two attached hydrogens (primary N) is 1. The van der Waals surface area contributed by atoms with Gasteiger partial charge in [-0.2, -0.15) is 0 Å². The van der Waals surface area contributed by atoms with E-state index in [1.165, 1.54) is 12.1 Å². The summed E-state index contributed by atoms with van der Waals surface area (Å²) in [6, 6.07) is 17.2. The molecule has 186 valence electrons. The number of halogens is 1. The van der Waals surface area contributed by atoms with E-state index in [4.69, 9.17) is 17.3 Å². The lowest BCUT2D eigenvalue weighted by Crippen LogP contribution is -2.55. The van der Waals surface area contributed by atoms with Crippen LogP contribution in [0.25, 0.3) is 0 Å². The van der Waals surface area contributed by atoms with E-state index in [2.05, 4.69) is 16.8 Å². The molecule has 1 fully saturated rings. The second-order valence-electron chi connectivity index (χ2n) is 9.75. The highest BCUT2D eigenvalue weighted by molar-refractivity contribution is 6.34. The smallest absolute Gasteiger partial charge is 0.245 e. The highest BCUT2D eigenvalue weighted by Crippen LogP contribution is 2.46. The van der Waals surface area contributed by atoms with Gasteiger partial charge in [0.15, 0.2) is 5.78 Å². The molecule has 8 heteroatoms. The lowest BCUT2D eigenvalue weighted by molar-refractivity contribution is -0.122. The topological polar surface area (TPSA) is 90.1 Å². The number of amides is 1. The standard InChI is InChI=1S/C28H29ClN4O3/c1-28(19-6-8-22(34)9-7-19)26(35)25-23(32-12-10-31(2)11-13-32)15-20(29)16-24(25)33(27(28)36)17-18-4-3-5-21(30)14-18/h3-9,14-16,34H,10-13,17,30H2,1-2H3. The van der Waals surface area contributed by atoms with Crippen LogP contribution in [0.3, 0.4) is 0 Å². The fourth-order valence-electron chi connectivity index (χ4n) is 5.13. The molecule has 3 aromatic carbocycles. The molecule has 0 bridgehead atoms. The zero-order valence-electron chi connectivity index (χ0n) is 20.4. The molecule has 0 aliphatic carbocycles. The van der Waals surface area contributed by atoms with Crippen molar-refractivity contribution in [2.45, 2.75) is 18.9 Å². The molecule has 3 aromatic rings. The maximum absolute atomic E-state index is 14.3. The number of piperazine rings is 1. The van der Waals surface area contributed by atoms with Crippen LogP contribution in [-0.4, -0.2) is 54.9 Å². The van der Waals surface area contributed by atoms with Gasteiger partial charge in [0.2, 0.25) is 5.91 Å². The predicted octanol–water partition coefficient (Wildman–Crippen LogP) is 4.07. The first-order valence-electron chi connectivity index (χ1n) is 12.0. The Bertz CT molecular complexity index is 1340. The van der Waals surface area contributed by atoms with Gasteiger partial charge in [0, 0.05) is 36.9 Å². The normalized spacial score (nSPS) is 20.5. The molecule has 5 rings (SSSR count). The number of phenols is 1. The number of Topliss-reactive ketones (excluding diaryl/α,β-unsaturated/α-hetero) is 1. The van der Waals surface area contributed by atoms with E-state index in [0.29, 0.717) is 27.5 Å². The first kappa shape index (κ1) is 24.2. The van der Waals surface area contributed by atoms with Crippen LogP contribution in [0, 0.1) is 0 Å². The maximum atomic E-state index is 14.3. The van der Waals surface area contributed by atoms with Crippen LogP contribution >= 0.6 is 11.6 Å². The van der Waals surface area contributed by atoms with Crippen molar-refractivity contribution in [2.24, 2.45) is 0 Å². The zero-order chi connectivity index (χ0) is 25.6. The van der Waals surface area contributed by atoms with Crippen molar-refractivity contribution in [1.29, 1.82) is 0 Å². The summed E-state index contributed by atoms with van der Waals surface area (Å²) in [6.07, 6.45) is 0. The van der Waals surface area contributed by atoms with Gasteiger partial charge in [-0.15, -0.1) is 0 Å². The average molecular weight is 505 g/mol. The number of likely N-dealkylation sites (N-methyl/N-ethyl adjacent to an activating group) is 1. The van der Waals surface area contributed by atoms with Crippen molar-refractivity contribution in [3.8, 4) is 5.75 Å². The summed E-state index contributed by atoms with van der Waals surface area (Å²) in [5, 5.41) is 10.3. The summed E-state index contributed by atoms with van der Waals surface area (Å²) in [4.78, 5) is 34.6. The molecular weight excluding hydrogens is 476 g/mol. The fraction of sp³-hybridized carbons (Fsp3) is 0.286. The molecule has 0 aromatic heterocycles. The maximum Gasteiger partial charge on any atom is 0.245 e. The number of carbonyl (C=O) groups is 2. The van der Waals surface area contributed by atoms with Crippen molar-refractivity contribution >= 4 is 40.4 Å². The molecule has 36 heavy (non-hydrogen) atoms. The monoisotopic (exact) mass is 504 g/mol. The van der Waals surface area contributed by atoms with Gasteiger partial charge in [-0.3, -0.25) is 9.59 Å². The molecule has 1 atom stereocenters. The number of hydrogen-bond donors (Lipinski definition) is 2.